The lowest BCUT2D eigenvalue weighted by molar-refractivity contribution is -0.00000272. The van der Waals surface area contributed by atoms with E-state index in [1.54, 1.807) is 0 Å². The third-order valence-electron chi connectivity index (χ3n) is 1.88. The highest BCUT2D eigenvalue weighted by Gasteiger charge is 2.10. The van der Waals surface area contributed by atoms with Crippen LogP contribution in [-0.2, 0) is 0 Å². The summed E-state index contributed by atoms with van der Waals surface area (Å²) in [5, 5.41) is 0. The van der Waals surface area contributed by atoms with Crippen molar-refractivity contribution in [1.82, 2.24) is 4.48 Å². The first-order valence-corrected chi connectivity index (χ1v) is 4.08. The van der Waals surface area contributed by atoms with Crippen molar-refractivity contribution in [1.29, 1.82) is 0 Å². The van der Waals surface area contributed by atoms with Crippen LogP contribution in [0.15, 0.2) is 30.8 Å². The van der Waals surface area contributed by atoms with Gasteiger partial charge in [0.1, 0.15) is 5.69 Å². The maximum Gasteiger partial charge on any atom is 0.132 e. The van der Waals surface area contributed by atoms with Gasteiger partial charge in [0.25, 0.3) is 0 Å². The first-order valence-electron chi connectivity index (χ1n) is 4.08. The van der Waals surface area contributed by atoms with Gasteiger partial charge in [0.15, 0.2) is 0 Å². The van der Waals surface area contributed by atoms with Crippen LogP contribution in [0.1, 0.15) is 5.56 Å². The molecule has 0 radical (unpaired) electrons. The molecule has 2 heteroatoms. The molecule has 0 aliphatic carbocycles. The Hall–Kier alpha value is -0.790. The van der Waals surface area contributed by atoms with Crippen molar-refractivity contribution in [2.24, 2.45) is 0 Å². The molecule has 1 aromatic carbocycles. The number of halogens is 1. The van der Waals surface area contributed by atoms with Crippen molar-refractivity contribution in [3.63, 3.8) is 0 Å². The normalized spacial score (nSPS) is 10.4. The molecule has 0 N–H and O–H groups in total. The Kier molecular flexibility index (Phi) is 4.18. The fraction of sp³-hybridized carbons (Fsp3) is 0.273. The van der Waals surface area contributed by atoms with Crippen LogP contribution in [0.25, 0.3) is 6.08 Å². The number of rotatable bonds is 2. The number of benzene rings is 1. The summed E-state index contributed by atoms with van der Waals surface area (Å²) >= 11 is 0. The Balaban J connectivity index is 0.00000144. The van der Waals surface area contributed by atoms with Gasteiger partial charge < -0.3 is 12.4 Å². The summed E-state index contributed by atoms with van der Waals surface area (Å²) in [7, 11) is 6.46. The molecular weight excluding hydrogens is 182 g/mol. The van der Waals surface area contributed by atoms with Crippen molar-refractivity contribution < 1.29 is 12.4 Å². The van der Waals surface area contributed by atoms with Crippen LogP contribution in [0.5, 0.6) is 0 Å². The second kappa shape index (κ2) is 4.45. The number of hydrogen-bond donors (Lipinski definition) is 0. The fourth-order valence-electron chi connectivity index (χ4n) is 1.07. The summed E-state index contributed by atoms with van der Waals surface area (Å²) < 4.78 is 0.849. The Morgan fingerprint density at radius 2 is 1.85 bits per heavy atom. The van der Waals surface area contributed by atoms with Crippen LogP contribution < -0.4 is 16.9 Å². The Labute approximate surface area is 86.7 Å². The van der Waals surface area contributed by atoms with E-state index in [0.717, 1.165) is 4.48 Å². The molecule has 0 aromatic heterocycles. The maximum atomic E-state index is 3.75. The molecule has 0 amide bonds. The second-order valence-electron chi connectivity index (χ2n) is 3.81. The van der Waals surface area contributed by atoms with Crippen LogP contribution in [0.2, 0.25) is 0 Å². The molecule has 0 bridgehead atoms. The molecule has 0 aliphatic heterocycles. The summed E-state index contributed by atoms with van der Waals surface area (Å²) in [5.74, 6) is 0. The topological polar surface area (TPSA) is 0 Å². The molecule has 0 fully saturated rings. The predicted octanol–water partition coefficient (Wildman–Crippen LogP) is -0.470. The second-order valence-corrected chi connectivity index (χ2v) is 3.81. The minimum atomic E-state index is 0. The molecule has 0 heterocycles. The predicted molar refractivity (Wildman–Crippen MR) is 56.1 cm³/mol. The summed E-state index contributed by atoms with van der Waals surface area (Å²) in [6.07, 6.45) is 1.87. The number of hydrogen-bond acceptors (Lipinski definition) is 0. The molecule has 1 aromatic rings. The molecule has 1 rings (SSSR count). The van der Waals surface area contributed by atoms with Gasteiger partial charge in [-0.25, -0.2) is 0 Å². The van der Waals surface area contributed by atoms with Crippen molar-refractivity contribution in [3.05, 3.63) is 36.4 Å². The van der Waals surface area contributed by atoms with Gasteiger partial charge in [0.05, 0.1) is 21.1 Å². The Bertz CT molecular complexity index is 286. The average Bonchev–Trinajstić information content (AvgIpc) is 2.03. The highest BCUT2D eigenvalue weighted by Crippen LogP contribution is 2.18. The van der Waals surface area contributed by atoms with Crippen LogP contribution >= 0.6 is 0 Å². The molecular formula is C11H16ClN. The highest BCUT2D eigenvalue weighted by atomic mass is 35.5. The monoisotopic (exact) mass is 197 g/mol. The van der Waals surface area contributed by atoms with Crippen LogP contribution in [0.4, 0.5) is 5.69 Å². The quantitative estimate of drug-likeness (QED) is 0.563. The summed E-state index contributed by atoms with van der Waals surface area (Å²) in [4.78, 5) is 0. The van der Waals surface area contributed by atoms with Crippen molar-refractivity contribution >= 4 is 11.8 Å². The lowest BCUT2D eigenvalue weighted by Crippen LogP contribution is -3.00. The summed E-state index contributed by atoms with van der Waals surface area (Å²) in [6.45, 7) is 3.75. The van der Waals surface area contributed by atoms with E-state index in [9.17, 15) is 0 Å². The van der Waals surface area contributed by atoms with E-state index in [1.807, 2.05) is 6.08 Å². The Morgan fingerprint density at radius 3 is 2.31 bits per heavy atom. The molecule has 0 saturated carbocycles. The van der Waals surface area contributed by atoms with Gasteiger partial charge in [-0.2, -0.15) is 0 Å². The lowest BCUT2D eigenvalue weighted by atomic mass is 10.2. The third-order valence-corrected chi connectivity index (χ3v) is 1.88. The van der Waals surface area contributed by atoms with E-state index in [0.29, 0.717) is 0 Å². The zero-order chi connectivity index (χ0) is 9.19. The van der Waals surface area contributed by atoms with Crippen molar-refractivity contribution in [2.45, 2.75) is 0 Å². The lowest BCUT2D eigenvalue weighted by Gasteiger charge is -2.23. The van der Waals surface area contributed by atoms with E-state index in [-0.39, 0.29) is 12.4 Å². The number of nitrogens with zero attached hydrogens (tertiary/aromatic N) is 1. The highest BCUT2D eigenvalue weighted by molar-refractivity contribution is 5.55. The van der Waals surface area contributed by atoms with Gasteiger partial charge in [-0.1, -0.05) is 24.8 Å². The SMILES string of the molecule is C=Cc1cccc([N+](C)(C)C)c1.[Cl-]. The van der Waals surface area contributed by atoms with Gasteiger partial charge in [0.2, 0.25) is 0 Å². The van der Waals surface area contributed by atoms with Gasteiger partial charge in [-0.15, -0.1) is 0 Å². The first-order chi connectivity index (χ1) is 5.54. The molecule has 1 nitrogen and oxygen atoms in total. The minimum absolute atomic E-state index is 0. The molecule has 0 atom stereocenters. The van der Waals surface area contributed by atoms with Crippen LogP contribution in [0, 0.1) is 0 Å². The summed E-state index contributed by atoms with van der Waals surface area (Å²) in [5.41, 5.74) is 2.48. The van der Waals surface area contributed by atoms with Crippen LogP contribution in [-0.4, -0.2) is 21.1 Å². The molecule has 0 aliphatic rings. The standard InChI is InChI=1S/C11H16N.ClH/c1-5-10-7-6-8-11(9-10)12(2,3)4;/h5-9H,1H2,2-4H3;1H/q+1;/p-1. The largest absolute Gasteiger partial charge is 1.00 e. The maximum absolute atomic E-state index is 3.75. The van der Waals surface area contributed by atoms with E-state index < -0.39 is 0 Å². The summed E-state index contributed by atoms with van der Waals surface area (Å²) in [6, 6.07) is 8.42. The molecule has 13 heavy (non-hydrogen) atoms. The van der Waals surface area contributed by atoms with Gasteiger partial charge in [-0.3, -0.25) is 4.48 Å². The smallest absolute Gasteiger partial charge is 0.132 e. The zero-order valence-electron chi connectivity index (χ0n) is 8.42. The van der Waals surface area contributed by atoms with E-state index in [2.05, 4.69) is 52.0 Å². The van der Waals surface area contributed by atoms with Gasteiger partial charge in [0, 0.05) is 6.07 Å². The first kappa shape index (κ1) is 12.2. The molecule has 0 saturated heterocycles. The average molecular weight is 198 g/mol. The molecule has 72 valence electrons. The van der Waals surface area contributed by atoms with E-state index >= 15 is 0 Å². The van der Waals surface area contributed by atoms with Crippen molar-refractivity contribution in [2.75, 3.05) is 21.1 Å². The Morgan fingerprint density at radius 1 is 1.23 bits per heavy atom. The third kappa shape index (κ3) is 3.21. The zero-order valence-corrected chi connectivity index (χ0v) is 9.17. The van der Waals surface area contributed by atoms with Crippen LogP contribution in [0.3, 0.4) is 0 Å². The number of quaternary nitrogens is 1. The molecule has 0 spiro atoms. The van der Waals surface area contributed by atoms with E-state index in [4.69, 9.17) is 0 Å². The molecule has 0 unspecified atom stereocenters. The van der Waals surface area contributed by atoms with E-state index in [1.165, 1.54) is 11.3 Å². The minimum Gasteiger partial charge on any atom is -1.00 e. The van der Waals surface area contributed by atoms with Gasteiger partial charge in [-0.05, 0) is 11.6 Å². The van der Waals surface area contributed by atoms with Crippen molar-refractivity contribution in [3.8, 4) is 0 Å². The fourth-order valence-corrected chi connectivity index (χ4v) is 1.07. The van der Waals surface area contributed by atoms with Gasteiger partial charge >= 0.3 is 0 Å².